The van der Waals surface area contributed by atoms with E-state index in [4.69, 9.17) is 14.9 Å². The van der Waals surface area contributed by atoms with Gasteiger partial charge in [0.1, 0.15) is 12.4 Å². The standard InChI is InChI=1S/C13H14O5/c1-4-5-18-11-7(2)9(12(14)15)6-10(8(11)3)13(16)17/h4,6H,1,5H2,2-3H3,(H,14,15)(H,16,17). The summed E-state index contributed by atoms with van der Waals surface area (Å²) in [7, 11) is 0. The lowest BCUT2D eigenvalue weighted by atomic mass is 9.98. The van der Waals surface area contributed by atoms with Gasteiger partial charge in [-0.25, -0.2) is 9.59 Å². The molecule has 0 atom stereocenters. The van der Waals surface area contributed by atoms with Crippen molar-refractivity contribution in [2.75, 3.05) is 6.61 Å². The van der Waals surface area contributed by atoms with Gasteiger partial charge in [-0.3, -0.25) is 0 Å². The molecule has 0 saturated heterocycles. The molecule has 0 bridgehead atoms. The van der Waals surface area contributed by atoms with Crippen LogP contribution < -0.4 is 4.74 Å². The van der Waals surface area contributed by atoms with Crippen LogP contribution in [0.1, 0.15) is 31.8 Å². The highest BCUT2D eigenvalue weighted by atomic mass is 16.5. The van der Waals surface area contributed by atoms with Gasteiger partial charge in [0, 0.05) is 11.1 Å². The van der Waals surface area contributed by atoms with E-state index >= 15 is 0 Å². The van der Waals surface area contributed by atoms with E-state index in [1.807, 2.05) is 0 Å². The number of carboxylic acids is 2. The Hall–Kier alpha value is -2.30. The zero-order valence-corrected chi connectivity index (χ0v) is 10.2. The lowest BCUT2D eigenvalue weighted by molar-refractivity contribution is 0.0695. The summed E-state index contributed by atoms with van der Waals surface area (Å²) in [4.78, 5) is 22.1. The van der Waals surface area contributed by atoms with Gasteiger partial charge in [0.2, 0.25) is 0 Å². The predicted octanol–water partition coefficient (Wildman–Crippen LogP) is 2.26. The first-order chi connectivity index (χ1) is 8.40. The summed E-state index contributed by atoms with van der Waals surface area (Å²) in [5.41, 5.74) is 0.674. The molecule has 0 aliphatic heterocycles. The van der Waals surface area contributed by atoms with Crippen molar-refractivity contribution in [2.45, 2.75) is 13.8 Å². The van der Waals surface area contributed by atoms with E-state index in [0.717, 1.165) is 6.07 Å². The number of carboxylic acid groups (broad SMARTS) is 2. The predicted molar refractivity (Wildman–Crippen MR) is 65.5 cm³/mol. The minimum Gasteiger partial charge on any atom is -0.489 e. The van der Waals surface area contributed by atoms with Gasteiger partial charge in [-0.15, -0.1) is 0 Å². The fourth-order valence-electron chi connectivity index (χ4n) is 1.69. The van der Waals surface area contributed by atoms with Gasteiger partial charge in [0.15, 0.2) is 0 Å². The molecule has 0 radical (unpaired) electrons. The second-order valence-corrected chi connectivity index (χ2v) is 3.76. The molecule has 0 spiro atoms. The summed E-state index contributed by atoms with van der Waals surface area (Å²) in [5.74, 6) is -2.08. The van der Waals surface area contributed by atoms with Crippen LogP contribution in [0.15, 0.2) is 18.7 Å². The van der Waals surface area contributed by atoms with Crippen molar-refractivity contribution in [3.63, 3.8) is 0 Å². The SMILES string of the molecule is C=CCOc1c(C)c(C(=O)O)cc(C(=O)O)c1C. The molecule has 0 aliphatic carbocycles. The smallest absolute Gasteiger partial charge is 0.336 e. The molecular weight excluding hydrogens is 236 g/mol. The summed E-state index contributed by atoms with van der Waals surface area (Å²) in [6.45, 7) is 6.84. The van der Waals surface area contributed by atoms with E-state index in [0.29, 0.717) is 11.1 Å². The molecule has 0 aliphatic rings. The van der Waals surface area contributed by atoms with Crippen LogP contribution in [0.3, 0.4) is 0 Å². The number of rotatable bonds is 5. The van der Waals surface area contributed by atoms with Crippen molar-refractivity contribution in [3.05, 3.63) is 41.0 Å². The Morgan fingerprint density at radius 3 is 2.00 bits per heavy atom. The van der Waals surface area contributed by atoms with Crippen LogP contribution in [-0.4, -0.2) is 28.8 Å². The monoisotopic (exact) mass is 250 g/mol. The fourth-order valence-corrected chi connectivity index (χ4v) is 1.69. The second-order valence-electron chi connectivity index (χ2n) is 3.76. The minimum atomic E-state index is -1.18. The molecule has 0 aromatic heterocycles. The van der Waals surface area contributed by atoms with Gasteiger partial charge < -0.3 is 14.9 Å². The van der Waals surface area contributed by atoms with Crippen LogP contribution in [0.4, 0.5) is 0 Å². The number of ether oxygens (including phenoxy) is 1. The van der Waals surface area contributed by atoms with Crippen LogP contribution >= 0.6 is 0 Å². The average Bonchev–Trinajstić information content (AvgIpc) is 2.28. The number of hydrogen-bond donors (Lipinski definition) is 2. The lowest BCUT2D eigenvalue weighted by Crippen LogP contribution is -2.10. The molecule has 0 amide bonds. The lowest BCUT2D eigenvalue weighted by Gasteiger charge is -2.15. The van der Waals surface area contributed by atoms with Gasteiger partial charge >= 0.3 is 11.9 Å². The number of aromatic carboxylic acids is 2. The highest BCUT2D eigenvalue weighted by Crippen LogP contribution is 2.29. The molecule has 2 N–H and O–H groups in total. The molecule has 0 saturated carbocycles. The average molecular weight is 250 g/mol. The summed E-state index contributed by atoms with van der Waals surface area (Å²) in [6.07, 6.45) is 1.51. The third-order valence-electron chi connectivity index (χ3n) is 2.58. The van der Waals surface area contributed by atoms with Crippen molar-refractivity contribution in [1.82, 2.24) is 0 Å². The van der Waals surface area contributed by atoms with Crippen LogP contribution in [0.5, 0.6) is 5.75 Å². The normalized spacial score (nSPS) is 9.89. The summed E-state index contributed by atoms with van der Waals surface area (Å²) in [5, 5.41) is 18.1. The van der Waals surface area contributed by atoms with E-state index in [2.05, 4.69) is 6.58 Å². The first-order valence-corrected chi connectivity index (χ1v) is 5.24. The first-order valence-electron chi connectivity index (χ1n) is 5.24. The Kier molecular flexibility index (Phi) is 4.09. The highest BCUT2D eigenvalue weighted by Gasteiger charge is 2.20. The van der Waals surface area contributed by atoms with Gasteiger partial charge in [-0.2, -0.15) is 0 Å². The van der Waals surface area contributed by atoms with Gasteiger partial charge in [0.05, 0.1) is 11.1 Å². The van der Waals surface area contributed by atoms with Gasteiger partial charge in [-0.05, 0) is 19.9 Å². The fraction of sp³-hybridized carbons (Fsp3) is 0.231. The van der Waals surface area contributed by atoms with E-state index in [-0.39, 0.29) is 23.5 Å². The molecule has 1 rings (SSSR count). The second kappa shape index (κ2) is 5.35. The number of carbonyl (C=O) groups is 2. The zero-order chi connectivity index (χ0) is 13.9. The first kappa shape index (κ1) is 13.8. The largest absolute Gasteiger partial charge is 0.489 e. The highest BCUT2D eigenvalue weighted by molar-refractivity contribution is 5.97. The Balaban J connectivity index is 3.50. The van der Waals surface area contributed by atoms with Crippen LogP contribution in [0.2, 0.25) is 0 Å². The van der Waals surface area contributed by atoms with E-state index < -0.39 is 11.9 Å². The minimum absolute atomic E-state index is 0.0722. The van der Waals surface area contributed by atoms with Crippen LogP contribution in [0, 0.1) is 13.8 Å². The topological polar surface area (TPSA) is 83.8 Å². The third-order valence-corrected chi connectivity index (χ3v) is 2.58. The van der Waals surface area contributed by atoms with Gasteiger partial charge in [0.25, 0.3) is 0 Å². The molecule has 96 valence electrons. The maximum Gasteiger partial charge on any atom is 0.336 e. The molecule has 5 nitrogen and oxygen atoms in total. The Bertz CT molecular complexity index is 478. The van der Waals surface area contributed by atoms with E-state index in [9.17, 15) is 9.59 Å². The molecule has 5 heteroatoms. The van der Waals surface area contributed by atoms with Gasteiger partial charge in [-0.1, -0.05) is 12.7 Å². The van der Waals surface area contributed by atoms with Crippen LogP contribution in [-0.2, 0) is 0 Å². The third kappa shape index (κ3) is 2.51. The van der Waals surface area contributed by atoms with Crippen molar-refractivity contribution in [2.24, 2.45) is 0 Å². The Morgan fingerprint density at radius 2 is 1.67 bits per heavy atom. The van der Waals surface area contributed by atoms with E-state index in [1.165, 1.54) is 6.08 Å². The Morgan fingerprint density at radius 1 is 1.22 bits per heavy atom. The van der Waals surface area contributed by atoms with Crippen molar-refractivity contribution >= 4 is 11.9 Å². The van der Waals surface area contributed by atoms with E-state index in [1.54, 1.807) is 13.8 Å². The summed E-state index contributed by atoms with van der Waals surface area (Å²) >= 11 is 0. The molecule has 0 unspecified atom stereocenters. The quantitative estimate of drug-likeness (QED) is 0.783. The number of benzene rings is 1. The number of hydrogen-bond acceptors (Lipinski definition) is 3. The Labute approximate surface area is 104 Å². The molecule has 1 aromatic carbocycles. The molecule has 0 fully saturated rings. The summed E-state index contributed by atoms with van der Waals surface area (Å²) < 4.78 is 5.35. The van der Waals surface area contributed by atoms with Crippen molar-refractivity contribution < 1.29 is 24.5 Å². The molecule has 0 heterocycles. The maximum atomic E-state index is 11.1. The summed E-state index contributed by atoms with van der Waals surface area (Å²) in [6, 6.07) is 1.15. The maximum absolute atomic E-state index is 11.1. The zero-order valence-electron chi connectivity index (χ0n) is 10.2. The van der Waals surface area contributed by atoms with Crippen molar-refractivity contribution in [1.29, 1.82) is 0 Å². The molecule has 18 heavy (non-hydrogen) atoms. The van der Waals surface area contributed by atoms with Crippen LogP contribution in [0.25, 0.3) is 0 Å². The molecule has 1 aromatic rings. The molecular formula is C13H14O5. The van der Waals surface area contributed by atoms with Crippen molar-refractivity contribution in [3.8, 4) is 5.75 Å².